The summed E-state index contributed by atoms with van der Waals surface area (Å²) in [5, 5.41) is 11.8. The Morgan fingerprint density at radius 2 is 1.13 bits per heavy atom. The van der Waals surface area contributed by atoms with Crippen molar-refractivity contribution in [2.75, 3.05) is 0 Å². The molecule has 8 atom stereocenters. The zero-order valence-electron chi connectivity index (χ0n) is 14.1. The number of aliphatic hydroxyl groups is 1. The predicted molar refractivity (Wildman–Crippen MR) is 97.7 cm³/mol. The summed E-state index contributed by atoms with van der Waals surface area (Å²) in [6, 6.07) is 0. The van der Waals surface area contributed by atoms with Gasteiger partial charge < -0.3 is 5.11 Å². The van der Waals surface area contributed by atoms with E-state index in [-0.39, 0.29) is 11.8 Å². The molecule has 0 aromatic heterocycles. The second kappa shape index (κ2) is 5.94. The zero-order chi connectivity index (χ0) is 16.8. The first-order valence-corrected chi connectivity index (χ1v) is 8.90. The molecule has 3 rings (SSSR count). The fraction of sp³-hybridized carbons (Fsp3) is 0.545. The average Bonchev–Trinajstić information content (AvgIpc) is 3.18. The third-order valence-corrected chi connectivity index (χ3v) is 7.11. The summed E-state index contributed by atoms with van der Waals surface area (Å²) < 4.78 is 0. The molecule has 124 valence electrons. The molecule has 0 aromatic carbocycles. The molecule has 0 aliphatic heterocycles. The average molecular weight is 310 g/mol. The van der Waals surface area contributed by atoms with E-state index in [2.05, 4.69) is 57.2 Å². The molecule has 1 N–H and O–H groups in total. The SMILES string of the molecule is C=CCC1(O)[C@@H]2[C@H]([C@H]3[C@@H]1[C@H](C=C)C[C@@H]3C=C)[C@@H](C=C)C[C@H]2C=C. The number of fused-ring (bicyclic) bond motifs is 3. The Kier molecular flexibility index (Phi) is 4.27. The van der Waals surface area contributed by atoms with Crippen LogP contribution in [0.15, 0.2) is 63.3 Å². The van der Waals surface area contributed by atoms with Crippen molar-refractivity contribution >= 4 is 0 Å². The highest BCUT2D eigenvalue weighted by atomic mass is 16.3. The van der Waals surface area contributed by atoms with Crippen molar-refractivity contribution in [2.24, 2.45) is 47.3 Å². The predicted octanol–water partition coefficient (Wildman–Crippen LogP) is 4.79. The highest BCUT2D eigenvalue weighted by Crippen LogP contribution is 2.69. The second-order valence-electron chi connectivity index (χ2n) is 7.76. The van der Waals surface area contributed by atoms with Gasteiger partial charge in [-0.1, -0.05) is 30.4 Å². The Balaban J connectivity index is 2.13. The van der Waals surface area contributed by atoms with E-state index in [0.29, 0.717) is 41.9 Å². The van der Waals surface area contributed by atoms with Crippen LogP contribution in [-0.4, -0.2) is 10.7 Å². The van der Waals surface area contributed by atoms with Crippen LogP contribution in [0.2, 0.25) is 0 Å². The summed E-state index contributed by atoms with van der Waals surface area (Å²) in [4.78, 5) is 0. The molecule has 0 amide bonds. The number of allylic oxidation sites excluding steroid dienone is 4. The summed E-state index contributed by atoms with van der Waals surface area (Å²) in [5.41, 5.74) is -0.704. The summed E-state index contributed by atoms with van der Waals surface area (Å²) in [6.45, 7) is 20.2. The van der Waals surface area contributed by atoms with Gasteiger partial charge in [-0.2, -0.15) is 0 Å². The molecule has 0 radical (unpaired) electrons. The van der Waals surface area contributed by atoms with E-state index in [4.69, 9.17) is 0 Å². The first kappa shape index (κ1) is 16.5. The van der Waals surface area contributed by atoms with Gasteiger partial charge in [-0.05, 0) is 66.6 Å². The second-order valence-corrected chi connectivity index (χ2v) is 7.76. The molecular weight excluding hydrogens is 280 g/mol. The highest BCUT2D eigenvalue weighted by molar-refractivity contribution is 5.25. The van der Waals surface area contributed by atoms with Gasteiger partial charge in [-0.3, -0.25) is 0 Å². The summed E-state index contributed by atoms with van der Waals surface area (Å²) in [6.07, 6.45) is 13.0. The molecule has 3 aliphatic carbocycles. The summed E-state index contributed by atoms with van der Waals surface area (Å²) >= 11 is 0. The minimum absolute atomic E-state index is 0.251. The Morgan fingerprint density at radius 3 is 1.43 bits per heavy atom. The van der Waals surface area contributed by atoms with Gasteiger partial charge >= 0.3 is 0 Å². The maximum atomic E-state index is 11.8. The quantitative estimate of drug-likeness (QED) is 0.699. The lowest BCUT2D eigenvalue weighted by Gasteiger charge is -2.38. The molecule has 0 unspecified atom stereocenters. The van der Waals surface area contributed by atoms with Crippen LogP contribution in [0.5, 0.6) is 0 Å². The number of hydrogen-bond acceptors (Lipinski definition) is 1. The standard InChI is InChI=1S/C22H30O/c1-6-11-22(23)20-16(9-4)12-14(7-2)18(20)19-15(8-3)13-17(10-5)21(19)22/h6-10,14-21,23H,1-5,11-13H2/t14-,15-,16+,17+,18-,19-,20-,21-/m0/s1. The van der Waals surface area contributed by atoms with E-state index >= 15 is 0 Å². The Labute approximate surface area is 141 Å². The van der Waals surface area contributed by atoms with Gasteiger partial charge in [0.15, 0.2) is 0 Å². The van der Waals surface area contributed by atoms with Crippen LogP contribution >= 0.6 is 0 Å². The Bertz CT molecular complexity index is 490. The van der Waals surface area contributed by atoms with Crippen LogP contribution in [0.1, 0.15) is 19.3 Å². The first-order valence-electron chi connectivity index (χ1n) is 8.90. The lowest BCUT2D eigenvalue weighted by atomic mass is 9.72. The van der Waals surface area contributed by atoms with E-state index < -0.39 is 5.60 Å². The topological polar surface area (TPSA) is 20.2 Å². The van der Waals surface area contributed by atoms with E-state index in [1.165, 1.54) is 0 Å². The lowest BCUT2D eigenvalue weighted by molar-refractivity contribution is -0.0564. The first-order chi connectivity index (χ1) is 11.1. The third-order valence-electron chi connectivity index (χ3n) is 7.11. The summed E-state index contributed by atoms with van der Waals surface area (Å²) in [7, 11) is 0. The van der Waals surface area contributed by atoms with E-state index in [9.17, 15) is 5.11 Å². The van der Waals surface area contributed by atoms with Crippen LogP contribution in [0.3, 0.4) is 0 Å². The van der Waals surface area contributed by atoms with Gasteiger partial charge in [0, 0.05) is 0 Å². The minimum atomic E-state index is -0.704. The molecule has 3 aliphatic rings. The van der Waals surface area contributed by atoms with Crippen molar-refractivity contribution in [2.45, 2.75) is 24.9 Å². The van der Waals surface area contributed by atoms with Gasteiger partial charge in [0.2, 0.25) is 0 Å². The van der Waals surface area contributed by atoms with Crippen molar-refractivity contribution in [3.05, 3.63) is 63.3 Å². The molecule has 1 nitrogen and oxygen atoms in total. The van der Waals surface area contributed by atoms with Crippen LogP contribution in [0.4, 0.5) is 0 Å². The van der Waals surface area contributed by atoms with Gasteiger partial charge in [-0.25, -0.2) is 0 Å². The van der Waals surface area contributed by atoms with E-state index in [1.54, 1.807) is 0 Å². The monoisotopic (exact) mass is 310 g/mol. The van der Waals surface area contributed by atoms with Crippen LogP contribution in [-0.2, 0) is 0 Å². The highest BCUT2D eigenvalue weighted by Gasteiger charge is 2.68. The zero-order valence-corrected chi connectivity index (χ0v) is 14.1. The fourth-order valence-electron chi connectivity index (χ4n) is 6.52. The molecule has 3 fully saturated rings. The third kappa shape index (κ3) is 2.09. The van der Waals surface area contributed by atoms with Crippen molar-refractivity contribution in [1.29, 1.82) is 0 Å². The molecule has 0 spiro atoms. The molecule has 1 heteroatoms. The van der Waals surface area contributed by atoms with E-state index in [0.717, 1.165) is 12.8 Å². The van der Waals surface area contributed by atoms with Gasteiger partial charge in [0.05, 0.1) is 5.60 Å². The normalized spacial score (nSPS) is 50.8. The smallest absolute Gasteiger partial charge is 0.0755 e. The molecular formula is C22H30O. The maximum Gasteiger partial charge on any atom is 0.0755 e. The van der Waals surface area contributed by atoms with Crippen molar-refractivity contribution < 1.29 is 5.11 Å². The largest absolute Gasteiger partial charge is 0.389 e. The number of rotatable bonds is 6. The van der Waals surface area contributed by atoms with Gasteiger partial charge in [0.25, 0.3) is 0 Å². The summed E-state index contributed by atoms with van der Waals surface area (Å²) in [5.74, 6) is 3.07. The van der Waals surface area contributed by atoms with Gasteiger partial charge in [-0.15, -0.1) is 32.9 Å². The van der Waals surface area contributed by atoms with Crippen molar-refractivity contribution in [3.63, 3.8) is 0 Å². The lowest BCUT2D eigenvalue weighted by Crippen LogP contribution is -2.44. The molecule has 0 aromatic rings. The molecule has 0 heterocycles. The molecule has 0 saturated heterocycles. The van der Waals surface area contributed by atoms with E-state index in [1.807, 2.05) is 6.08 Å². The Morgan fingerprint density at radius 1 is 0.739 bits per heavy atom. The van der Waals surface area contributed by atoms with Crippen LogP contribution in [0.25, 0.3) is 0 Å². The molecule has 23 heavy (non-hydrogen) atoms. The van der Waals surface area contributed by atoms with Crippen molar-refractivity contribution in [3.8, 4) is 0 Å². The Hall–Kier alpha value is -1.34. The minimum Gasteiger partial charge on any atom is -0.389 e. The van der Waals surface area contributed by atoms with Crippen molar-refractivity contribution in [1.82, 2.24) is 0 Å². The van der Waals surface area contributed by atoms with Crippen LogP contribution in [0, 0.1) is 47.3 Å². The van der Waals surface area contributed by atoms with Gasteiger partial charge in [0.1, 0.15) is 0 Å². The fourth-order valence-corrected chi connectivity index (χ4v) is 6.52. The van der Waals surface area contributed by atoms with Crippen LogP contribution < -0.4 is 0 Å². The molecule has 0 bridgehead atoms. The molecule has 3 saturated carbocycles. The number of hydrogen-bond donors (Lipinski definition) is 1. The maximum absolute atomic E-state index is 11.8.